The first-order valence-corrected chi connectivity index (χ1v) is 5.50. The number of benzene rings is 1. The molecule has 1 atom stereocenters. The molecule has 1 aromatic carbocycles. The molecule has 18 heavy (non-hydrogen) atoms. The largest absolute Gasteiger partial charge is 0.466 e. The van der Waals surface area contributed by atoms with Gasteiger partial charge in [-0.05, 0) is 19.1 Å². The lowest BCUT2D eigenvalue weighted by molar-refractivity contribution is -0.425. The highest BCUT2D eigenvalue weighted by molar-refractivity contribution is 5.70. The number of carbonyl (C=O) groups excluding carboxylic acids is 1. The van der Waals surface area contributed by atoms with Crippen LogP contribution >= 0.6 is 0 Å². The van der Waals surface area contributed by atoms with E-state index in [9.17, 15) is 18.0 Å². The molecule has 1 rings (SSSR count). The molecule has 0 aliphatic carbocycles. The Balaban J connectivity index is 2.80. The lowest BCUT2D eigenvalue weighted by Crippen LogP contribution is -2.54. The zero-order valence-electron chi connectivity index (χ0n) is 9.96. The Labute approximate surface area is 103 Å². The Morgan fingerprint density at radius 3 is 2.67 bits per heavy atom. The standard InChI is InChI=1S/C12H14F3NO2/c1-2-18-11(17)7-10(16)8-4-3-5-9(6-8)12(13,14)15/h3-6,10H,2,7,16H2,1H3/p+1/t10-/m1/s1. The van der Waals surface area contributed by atoms with E-state index in [1.807, 2.05) is 0 Å². The average molecular weight is 262 g/mol. The zero-order chi connectivity index (χ0) is 13.8. The summed E-state index contributed by atoms with van der Waals surface area (Å²) in [6.07, 6.45) is -4.42. The molecule has 0 heterocycles. The number of alkyl halides is 3. The minimum atomic E-state index is -4.39. The summed E-state index contributed by atoms with van der Waals surface area (Å²) < 4.78 is 42.2. The van der Waals surface area contributed by atoms with Crippen LogP contribution in [-0.2, 0) is 15.7 Å². The van der Waals surface area contributed by atoms with Gasteiger partial charge < -0.3 is 10.5 Å². The maximum atomic E-state index is 12.5. The molecular weight excluding hydrogens is 247 g/mol. The number of ether oxygens (including phenoxy) is 1. The van der Waals surface area contributed by atoms with Gasteiger partial charge in [0.2, 0.25) is 0 Å². The molecule has 0 aliphatic rings. The maximum absolute atomic E-state index is 12.5. The third-order valence-corrected chi connectivity index (χ3v) is 2.40. The Morgan fingerprint density at radius 2 is 2.11 bits per heavy atom. The molecule has 0 radical (unpaired) electrons. The van der Waals surface area contributed by atoms with Crippen molar-refractivity contribution in [3.8, 4) is 0 Å². The number of quaternary nitrogens is 1. The van der Waals surface area contributed by atoms with Crippen LogP contribution in [0.2, 0.25) is 0 Å². The highest BCUT2D eigenvalue weighted by Gasteiger charge is 2.31. The normalized spacial score (nSPS) is 13.2. The fourth-order valence-electron chi connectivity index (χ4n) is 1.51. The molecule has 0 amide bonds. The molecule has 3 N–H and O–H groups in total. The minimum absolute atomic E-state index is 0.0326. The van der Waals surface area contributed by atoms with Crippen LogP contribution in [0.5, 0.6) is 0 Å². The van der Waals surface area contributed by atoms with E-state index in [0.717, 1.165) is 12.1 Å². The number of esters is 1. The highest BCUT2D eigenvalue weighted by Crippen LogP contribution is 2.30. The van der Waals surface area contributed by atoms with Crippen molar-refractivity contribution in [2.24, 2.45) is 0 Å². The summed E-state index contributed by atoms with van der Waals surface area (Å²) in [5, 5.41) is 0. The third-order valence-electron chi connectivity index (χ3n) is 2.40. The lowest BCUT2D eigenvalue weighted by atomic mass is 10.0. The number of hydrogen-bond donors (Lipinski definition) is 1. The van der Waals surface area contributed by atoms with Crippen molar-refractivity contribution in [3.63, 3.8) is 0 Å². The van der Waals surface area contributed by atoms with E-state index < -0.39 is 23.8 Å². The Morgan fingerprint density at radius 1 is 1.44 bits per heavy atom. The molecule has 0 aromatic heterocycles. The smallest absolute Gasteiger partial charge is 0.416 e. The van der Waals surface area contributed by atoms with Gasteiger partial charge in [-0.25, -0.2) is 0 Å². The van der Waals surface area contributed by atoms with E-state index in [1.54, 1.807) is 6.92 Å². The van der Waals surface area contributed by atoms with Gasteiger partial charge in [-0.15, -0.1) is 0 Å². The van der Waals surface area contributed by atoms with Gasteiger partial charge in [0, 0.05) is 5.56 Å². The van der Waals surface area contributed by atoms with E-state index in [2.05, 4.69) is 5.73 Å². The van der Waals surface area contributed by atoms with Crippen molar-refractivity contribution in [1.29, 1.82) is 0 Å². The summed E-state index contributed by atoms with van der Waals surface area (Å²) in [4.78, 5) is 11.2. The van der Waals surface area contributed by atoms with E-state index in [-0.39, 0.29) is 13.0 Å². The van der Waals surface area contributed by atoms with Crippen LogP contribution in [0.3, 0.4) is 0 Å². The summed E-state index contributed by atoms with van der Waals surface area (Å²) in [5.41, 5.74) is 3.32. The summed E-state index contributed by atoms with van der Waals surface area (Å²) in [6, 6.07) is 4.27. The zero-order valence-corrected chi connectivity index (χ0v) is 9.96. The van der Waals surface area contributed by atoms with Crippen LogP contribution in [-0.4, -0.2) is 12.6 Å². The molecule has 100 valence electrons. The van der Waals surface area contributed by atoms with Gasteiger partial charge in [0.15, 0.2) is 0 Å². The van der Waals surface area contributed by atoms with Crippen molar-refractivity contribution in [3.05, 3.63) is 35.4 Å². The predicted octanol–water partition coefficient (Wildman–Crippen LogP) is 1.94. The number of carbonyl (C=O) groups is 1. The monoisotopic (exact) mass is 262 g/mol. The maximum Gasteiger partial charge on any atom is 0.416 e. The topological polar surface area (TPSA) is 53.9 Å². The van der Waals surface area contributed by atoms with Crippen LogP contribution in [0.4, 0.5) is 13.2 Å². The molecule has 0 aliphatic heterocycles. The molecular formula is C12H15F3NO2+. The predicted molar refractivity (Wildman–Crippen MR) is 58.3 cm³/mol. The fourth-order valence-corrected chi connectivity index (χ4v) is 1.51. The van der Waals surface area contributed by atoms with Crippen molar-refractivity contribution < 1.29 is 28.4 Å². The SMILES string of the molecule is CCOC(=O)C[C@@H]([NH3+])c1cccc(C(F)(F)F)c1. The quantitative estimate of drug-likeness (QED) is 0.843. The number of rotatable bonds is 4. The van der Waals surface area contributed by atoms with Crippen molar-refractivity contribution >= 4 is 5.97 Å². The van der Waals surface area contributed by atoms with Crippen molar-refractivity contribution in [1.82, 2.24) is 0 Å². The van der Waals surface area contributed by atoms with E-state index in [4.69, 9.17) is 4.74 Å². The highest BCUT2D eigenvalue weighted by atomic mass is 19.4. The Kier molecular flexibility index (Phi) is 4.72. The lowest BCUT2D eigenvalue weighted by Gasteiger charge is -2.11. The third kappa shape index (κ3) is 4.03. The molecule has 1 aromatic rings. The summed E-state index contributed by atoms with van der Waals surface area (Å²) in [5.74, 6) is -0.463. The van der Waals surface area contributed by atoms with E-state index >= 15 is 0 Å². The molecule has 0 fully saturated rings. The Hall–Kier alpha value is -1.56. The second-order valence-electron chi connectivity index (χ2n) is 3.83. The average Bonchev–Trinajstić information content (AvgIpc) is 2.28. The summed E-state index contributed by atoms with van der Waals surface area (Å²) in [6.45, 7) is 1.91. The van der Waals surface area contributed by atoms with Gasteiger partial charge in [0.05, 0.1) is 12.2 Å². The molecule has 0 saturated heterocycles. The number of halogens is 3. The molecule has 0 bridgehead atoms. The van der Waals surface area contributed by atoms with Crippen LogP contribution < -0.4 is 5.73 Å². The first kappa shape index (κ1) is 14.5. The van der Waals surface area contributed by atoms with Crippen molar-refractivity contribution in [2.75, 3.05) is 6.61 Å². The second-order valence-corrected chi connectivity index (χ2v) is 3.83. The van der Waals surface area contributed by atoms with Gasteiger partial charge in [-0.3, -0.25) is 4.79 Å². The fraction of sp³-hybridized carbons (Fsp3) is 0.417. The first-order chi connectivity index (χ1) is 8.34. The number of hydrogen-bond acceptors (Lipinski definition) is 2. The molecule has 3 nitrogen and oxygen atoms in total. The summed E-state index contributed by atoms with van der Waals surface area (Å²) in [7, 11) is 0. The van der Waals surface area contributed by atoms with Crippen LogP contribution in [0.1, 0.15) is 30.5 Å². The van der Waals surface area contributed by atoms with Gasteiger partial charge in [0.25, 0.3) is 0 Å². The van der Waals surface area contributed by atoms with Crippen molar-refractivity contribution in [2.45, 2.75) is 25.6 Å². The first-order valence-electron chi connectivity index (χ1n) is 5.50. The van der Waals surface area contributed by atoms with Gasteiger partial charge in [0.1, 0.15) is 12.5 Å². The molecule has 0 spiro atoms. The van der Waals surface area contributed by atoms with Gasteiger partial charge in [-0.2, -0.15) is 13.2 Å². The van der Waals surface area contributed by atoms with E-state index in [0.29, 0.717) is 5.56 Å². The van der Waals surface area contributed by atoms with Gasteiger partial charge in [-0.1, -0.05) is 12.1 Å². The van der Waals surface area contributed by atoms with Crippen LogP contribution in [0.25, 0.3) is 0 Å². The Bertz CT molecular complexity index is 418. The second kappa shape index (κ2) is 5.86. The van der Waals surface area contributed by atoms with Crippen LogP contribution in [0, 0.1) is 0 Å². The van der Waals surface area contributed by atoms with E-state index in [1.165, 1.54) is 12.1 Å². The minimum Gasteiger partial charge on any atom is -0.466 e. The van der Waals surface area contributed by atoms with Crippen LogP contribution in [0.15, 0.2) is 24.3 Å². The van der Waals surface area contributed by atoms with Gasteiger partial charge >= 0.3 is 12.1 Å². The summed E-state index contributed by atoms with van der Waals surface area (Å²) >= 11 is 0. The molecule has 0 unspecified atom stereocenters. The molecule has 6 heteroatoms. The molecule has 0 saturated carbocycles.